The molecule has 0 aliphatic carbocycles. The predicted octanol–water partition coefficient (Wildman–Crippen LogP) is 6.36. The lowest BCUT2D eigenvalue weighted by molar-refractivity contribution is 0.00752. The number of benzene rings is 2. The number of carbonyl (C=O) groups is 1. The van der Waals surface area contributed by atoms with Gasteiger partial charge in [-0.2, -0.15) is 4.98 Å². The number of ether oxygens (including phenoxy) is 1. The fourth-order valence-corrected chi connectivity index (χ4v) is 11.6. The summed E-state index contributed by atoms with van der Waals surface area (Å²) in [6.07, 6.45) is 2.70. The Bertz CT molecular complexity index is 1720. The van der Waals surface area contributed by atoms with Crippen LogP contribution in [0.15, 0.2) is 85.1 Å². The molecule has 0 amide bonds. The summed E-state index contributed by atoms with van der Waals surface area (Å²) >= 11 is 1.47. The third kappa shape index (κ3) is 6.98. The van der Waals surface area contributed by atoms with Crippen molar-refractivity contribution >= 4 is 58.8 Å². The van der Waals surface area contributed by atoms with Gasteiger partial charge in [-0.25, -0.2) is 9.78 Å². The van der Waals surface area contributed by atoms with Crippen molar-refractivity contribution in [2.45, 2.75) is 71.1 Å². The van der Waals surface area contributed by atoms with E-state index < -0.39 is 13.9 Å². The second-order valence-electron chi connectivity index (χ2n) is 13.4. The highest BCUT2D eigenvalue weighted by Gasteiger charge is 2.50. The molecule has 236 valence electrons. The Labute approximate surface area is 270 Å². The molecule has 2 aromatic carbocycles. The Hall–Kier alpha value is -3.99. The van der Waals surface area contributed by atoms with Crippen molar-refractivity contribution in [2.75, 3.05) is 18.1 Å². The number of nitrogens with zero attached hydrogens (tertiary/aromatic N) is 3. The number of aryl methyl sites for hydroxylation is 1. The van der Waals surface area contributed by atoms with Crippen LogP contribution in [0.3, 0.4) is 0 Å². The maximum atomic E-state index is 13.0. The molecule has 4 N–H and O–H groups in total. The zero-order chi connectivity index (χ0) is 32.4. The van der Waals surface area contributed by atoms with Crippen LogP contribution in [0.4, 0.5) is 11.8 Å². The first kappa shape index (κ1) is 32.4. The van der Waals surface area contributed by atoms with Crippen molar-refractivity contribution in [1.29, 1.82) is 0 Å². The lowest BCUT2D eigenvalue weighted by atomic mass is 10.0. The van der Waals surface area contributed by atoms with Crippen LogP contribution in [0.5, 0.6) is 0 Å². The van der Waals surface area contributed by atoms with E-state index in [1.807, 2.05) is 57.3 Å². The standard InChI is InChI=1S/C35H43N5O3SSi/c1-34(2,3)43-32(41)29-18-17-28(44-29)24(19-21-40-22-20-27-30(40)31(36)39-33(37)38-27)23-42-45(35(4,5)6,25-13-9-7-10-14-25)26-15-11-8-12-16-26/h7-18,20,22,24H,19,21,23H2,1-6H3,(H4,36,37,38,39). The monoisotopic (exact) mass is 641 g/mol. The average Bonchev–Trinajstić information content (AvgIpc) is 3.62. The van der Waals surface area contributed by atoms with E-state index in [-0.39, 0.29) is 22.9 Å². The summed E-state index contributed by atoms with van der Waals surface area (Å²) in [5.41, 5.74) is 13.0. The van der Waals surface area contributed by atoms with Crippen molar-refractivity contribution in [3.63, 3.8) is 0 Å². The first-order valence-electron chi connectivity index (χ1n) is 15.2. The van der Waals surface area contributed by atoms with Gasteiger partial charge in [0.1, 0.15) is 16.0 Å². The molecule has 5 aromatic rings. The molecule has 1 atom stereocenters. The van der Waals surface area contributed by atoms with Crippen LogP contribution in [0.2, 0.25) is 5.04 Å². The molecule has 45 heavy (non-hydrogen) atoms. The van der Waals surface area contributed by atoms with Gasteiger partial charge in [0.25, 0.3) is 8.32 Å². The smallest absolute Gasteiger partial charge is 0.348 e. The van der Waals surface area contributed by atoms with Crippen LogP contribution in [-0.4, -0.2) is 41.0 Å². The second-order valence-corrected chi connectivity index (χ2v) is 18.8. The molecule has 0 saturated heterocycles. The van der Waals surface area contributed by atoms with E-state index in [0.717, 1.165) is 16.8 Å². The number of nitrogens with two attached hydrogens (primary N) is 2. The number of hydrogen-bond donors (Lipinski definition) is 2. The molecule has 3 aromatic heterocycles. The number of anilines is 2. The van der Waals surface area contributed by atoms with Crippen molar-refractivity contribution in [3.8, 4) is 0 Å². The summed E-state index contributed by atoms with van der Waals surface area (Å²) < 4.78 is 15.1. The Morgan fingerprint density at radius 2 is 1.51 bits per heavy atom. The van der Waals surface area contributed by atoms with Gasteiger partial charge in [0.15, 0.2) is 5.82 Å². The molecule has 5 rings (SSSR count). The van der Waals surface area contributed by atoms with Gasteiger partial charge in [-0.05, 0) is 60.8 Å². The van der Waals surface area contributed by atoms with Gasteiger partial charge in [0.2, 0.25) is 5.95 Å². The quantitative estimate of drug-likeness (QED) is 0.135. The van der Waals surface area contributed by atoms with E-state index in [0.29, 0.717) is 29.4 Å². The first-order valence-corrected chi connectivity index (χ1v) is 18.0. The number of rotatable bonds is 10. The molecular weight excluding hydrogens is 599 g/mol. The van der Waals surface area contributed by atoms with Crippen LogP contribution < -0.4 is 21.8 Å². The molecule has 0 bridgehead atoms. The number of esters is 1. The highest BCUT2D eigenvalue weighted by atomic mass is 32.1. The number of nitrogen functional groups attached to an aromatic ring is 2. The van der Waals surface area contributed by atoms with Crippen LogP contribution in [0, 0.1) is 0 Å². The molecule has 0 spiro atoms. The SMILES string of the molecule is CC(C)(C)OC(=O)c1ccc(C(CCn2ccc3nc(N)nc(N)c32)CO[Si](c2ccccc2)(c2ccccc2)C(C)(C)C)s1. The second kappa shape index (κ2) is 12.8. The van der Waals surface area contributed by atoms with Gasteiger partial charge in [-0.15, -0.1) is 11.3 Å². The van der Waals surface area contributed by atoms with E-state index in [1.54, 1.807) is 0 Å². The first-order chi connectivity index (χ1) is 21.3. The normalized spacial score (nSPS) is 13.2. The average molecular weight is 642 g/mol. The third-order valence-corrected chi connectivity index (χ3v) is 14.2. The number of carbonyl (C=O) groups excluding carboxylic acids is 1. The van der Waals surface area contributed by atoms with Crippen molar-refractivity contribution in [2.24, 2.45) is 0 Å². The van der Waals surface area contributed by atoms with E-state index in [2.05, 4.69) is 83.8 Å². The fourth-order valence-electron chi connectivity index (χ4n) is 5.94. The molecule has 0 saturated carbocycles. The summed E-state index contributed by atoms with van der Waals surface area (Å²) in [7, 11) is -2.79. The summed E-state index contributed by atoms with van der Waals surface area (Å²) in [5.74, 6) is 0.180. The summed E-state index contributed by atoms with van der Waals surface area (Å²) in [6, 6.07) is 27.1. The summed E-state index contributed by atoms with van der Waals surface area (Å²) in [4.78, 5) is 23.2. The van der Waals surface area contributed by atoms with Crippen LogP contribution in [0.1, 0.15) is 68.4 Å². The van der Waals surface area contributed by atoms with Gasteiger partial charge < -0.3 is 25.2 Å². The molecule has 8 nitrogen and oxygen atoms in total. The van der Waals surface area contributed by atoms with E-state index in [4.69, 9.17) is 20.6 Å². The molecular formula is C35H43N5O3SSi. The molecule has 0 aliphatic rings. The number of aromatic nitrogens is 3. The highest BCUT2D eigenvalue weighted by Crippen LogP contribution is 2.39. The Morgan fingerprint density at radius 3 is 2.09 bits per heavy atom. The summed E-state index contributed by atoms with van der Waals surface area (Å²) in [5, 5.41) is 2.28. The molecule has 0 aliphatic heterocycles. The molecule has 3 heterocycles. The van der Waals surface area contributed by atoms with E-state index >= 15 is 0 Å². The van der Waals surface area contributed by atoms with Crippen molar-refractivity contribution in [3.05, 3.63) is 94.8 Å². The minimum absolute atomic E-state index is 0.0128. The maximum Gasteiger partial charge on any atom is 0.348 e. The minimum atomic E-state index is -2.79. The van der Waals surface area contributed by atoms with Crippen LogP contribution >= 0.6 is 11.3 Å². The number of thiophene rings is 1. The number of fused-ring (bicyclic) bond motifs is 1. The highest BCUT2D eigenvalue weighted by molar-refractivity contribution is 7.14. The van der Waals surface area contributed by atoms with Crippen LogP contribution in [0.25, 0.3) is 11.0 Å². The van der Waals surface area contributed by atoms with Crippen LogP contribution in [-0.2, 0) is 15.7 Å². The number of hydrogen-bond acceptors (Lipinski definition) is 8. The zero-order valence-electron chi connectivity index (χ0n) is 26.9. The zero-order valence-corrected chi connectivity index (χ0v) is 28.7. The molecule has 0 radical (unpaired) electrons. The van der Waals surface area contributed by atoms with Gasteiger partial charge in [0, 0.05) is 30.1 Å². The van der Waals surface area contributed by atoms with Gasteiger partial charge in [-0.3, -0.25) is 0 Å². The maximum absolute atomic E-state index is 13.0. The van der Waals surface area contributed by atoms with Gasteiger partial charge >= 0.3 is 5.97 Å². The fraction of sp³-hybridized carbons (Fsp3) is 0.343. The minimum Gasteiger partial charge on any atom is -0.456 e. The van der Waals surface area contributed by atoms with Gasteiger partial charge in [-0.1, -0.05) is 81.4 Å². The lowest BCUT2D eigenvalue weighted by Crippen LogP contribution is -2.66. The van der Waals surface area contributed by atoms with E-state index in [9.17, 15) is 4.79 Å². The topological polar surface area (TPSA) is 118 Å². The lowest BCUT2D eigenvalue weighted by Gasteiger charge is -2.43. The Morgan fingerprint density at radius 1 is 0.889 bits per heavy atom. The predicted molar refractivity (Wildman–Crippen MR) is 187 cm³/mol. The molecule has 0 fully saturated rings. The Balaban J connectivity index is 1.53. The van der Waals surface area contributed by atoms with Gasteiger partial charge in [0.05, 0.1) is 5.52 Å². The summed E-state index contributed by atoms with van der Waals surface area (Å²) in [6.45, 7) is 13.6. The van der Waals surface area contributed by atoms with Crippen molar-refractivity contribution in [1.82, 2.24) is 14.5 Å². The van der Waals surface area contributed by atoms with E-state index in [1.165, 1.54) is 21.7 Å². The Kier molecular flexibility index (Phi) is 9.20. The third-order valence-electron chi connectivity index (χ3n) is 7.92. The largest absolute Gasteiger partial charge is 0.456 e. The molecule has 1 unspecified atom stereocenters. The molecule has 10 heteroatoms. The van der Waals surface area contributed by atoms with Crippen molar-refractivity contribution < 1.29 is 14.0 Å².